The Labute approximate surface area is 106 Å². The van der Waals surface area contributed by atoms with Crippen molar-refractivity contribution in [3.63, 3.8) is 0 Å². The first-order valence-electron chi connectivity index (χ1n) is 5.42. The molecule has 0 aliphatic rings. The predicted octanol–water partition coefficient (Wildman–Crippen LogP) is 1.81. The third-order valence-corrected chi connectivity index (χ3v) is 3.09. The minimum atomic E-state index is -0.914. The van der Waals surface area contributed by atoms with Crippen LogP contribution in [0.4, 0.5) is 5.69 Å². The normalized spacial score (nSPS) is 14.1. The molecule has 94 valence electrons. The Bertz CT molecular complexity index is 419. The second-order valence-electron chi connectivity index (χ2n) is 4.24. The van der Waals surface area contributed by atoms with E-state index in [1.807, 2.05) is 6.92 Å². The molecule has 1 atom stereocenters. The van der Waals surface area contributed by atoms with Crippen molar-refractivity contribution in [2.24, 2.45) is 0 Å². The van der Waals surface area contributed by atoms with Crippen LogP contribution in [0.5, 0.6) is 0 Å². The van der Waals surface area contributed by atoms with E-state index in [0.717, 1.165) is 0 Å². The summed E-state index contributed by atoms with van der Waals surface area (Å²) in [5.74, 6) is -0.337. The minimum Gasteiger partial charge on any atom is -0.398 e. The van der Waals surface area contributed by atoms with Gasteiger partial charge >= 0.3 is 0 Å². The Morgan fingerprint density at radius 2 is 2.24 bits per heavy atom. The number of anilines is 1. The number of nitrogens with two attached hydrogens (primary N) is 1. The molecule has 17 heavy (non-hydrogen) atoms. The summed E-state index contributed by atoms with van der Waals surface area (Å²) in [5.41, 5.74) is 5.37. The van der Waals surface area contributed by atoms with Crippen molar-refractivity contribution in [2.75, 3.05) is 12.3 Å². The number of amides is 1. The minimum absolute atomic E-state index is 0.174. The van der Waals surface area contributed by atoms with Gasteiger partial charge in [0.15, 0.2) is 0 Å². The maximum absolute atomic E-state index is 11.8. The molecular weight excluding hydrogens is 240 g/mol. The summed E-state index contributed by atoms with van der Waals surface area (Å²) in [5, 5.41) is 12.6. The van der Waals surface area contributed by atoms with E-state index in [-0.39, 0.29) is 17.5 Å². The predicted molar refractivity (Wildman–Crippen MR) is 69.1 cm³/mol. The zero-order valence-electron chi connectivity index (χ0n) is 9.96. The first kappa shape index (κ1) is 13.8. The van der Waals surface area contributed by atoms with Crippen LogP contribution in [-0.4, -0.2) is 23.2 Å². The molecule has 0 heterocycles. The van der Waals surface area contributed by atoms with E-state index < -0.39 is 5.60 Å². The first-order valence-corrected chi connectivity index (χ1v) is 5.80. The fourth-order valence-corrected chi connectivity index (χ4v) is 1.43. The van der Waals surface area contributed by atoms with Crippen LogP contribution < -0.4 is 11.1 Å². The van der Waals surface area contributed by atoms with Crippen LogP contribution in [0.1, 0.15) is 30.6 Å². The molecule has 0 aromatic heterocycles. The molecule has 1 unspecified atom stereocenters. The topological polar surface area (TPSA) is 75.3 Å². The van der Waals surface area contributed by atoms with Crippen molar-refractivity contribution >= 4 is 23.2 Å². The lowest BCUT2D eigenvalue weighted by Gasteiger charge is -2.21. The quantitative estimate of drug-likeness (QED) is 0.720. The Morgan fingerprint density at radius 1 is 1.59 bits per heavy atom. The van der Waals surface area contributed by atoms with E-state index in [9.17, 15) is 9.90 Å². The maximum atomic E-state index is 11.8. The highest BCUT2D eigenvalue weighted by atomic mass is 35.5. The molecule has 1 aromatic rings. The van der Waals surface area contributed by atoms with Crippen molar-refractivity contribution < 1.29 is 9.90 Å². The Hall–Kier alpha value is -1.26. The molecule has 5 heteroatoms. The van der Waals surface area contributed by atoms with Gasteiger partial charge in [0.05, 0.1) is 21.9 Å². The highest BCUT2D eigenvalue weighted by Gasteiger charge is 2.20. The molecule has 0 spiro atoms. The van der Waals surface area contributed by atoms with Gasteiger partial charge in [0.25, 0.3) is 5.91 Å². The molecule has 0 aliphatic heterocycles. The largest absolute Gasteiger partial charge is 0.398 e. The number of carbonyl (C=O) groups is 1. The number of nitrogen functional groups attached to an aromatic ring is 1. The van der Waals surface area contributed by atoms with Crippen molar-refractivity contribution in [3.8, 4) is 0 Å². The SMILES string of the molecule is CCC(C)(O)CNC(=O)c1cccc(N)c1Cl. The van der Waals surface area contributed by atoms with Gasteiger partial charge in [0.2, 0.25) is 0 Å². The zero-order chi connectivity index (χ0) is 13.1. The van der Waals surface area contributed by atoms with Crippen molar-refractivity contribution in [1.29, 1.82) is 0 Å². The van der Waals surface area contributed by atoms with Crippen LogP contribution in [0.25, 0.3) is 0 Å². The number of rotatable bonds is 4. The van der Waals surface area contributed by atoms with Gasteiger partial charge in [0, 0.05) is 6.54 Å². The summed E-state index contributed by atoms with van der Waals surface area (Å²) in [7, 11) is 0. The van der Waals surface area contributed by atoms with Gasteiger partial charge in [-0.05, 0) is 25.5 Å². The van der Waals surface area contributed by atoms with E-state index in [4.69, 9.17) is 17.3 Å². The van der Waals surface area contributed by atoms with E-state index in [2.05, 4.69) is 5.32 Å². The average Bonchev–Trinajstić information content (AvgIpc) is 2.30. The summed E-state index contributed by atoms with van der Waals surface area (Å²) >= 11 is 5.92. The molecule has 1 aromatic carbocycles. The van der Waals surface area contributed by atoms with Gasteiger partial charge in [0.1, 0.15) is 0 Å². The standard InChI is InChI=1S/C12H17ClN2O2/c1-3-12(2,17)7-15-11(16)8-5-4-6-9(14)10(8)13/h4-6,17H,3,7,14H2,1-2H3,(H,15,16). The van der Waals surface area contributed by atoms with Gasteiger partial charge in [-0.25, -0.2) is 0 Å². The zero-order valence-corrected chi connectivity index (χ0v) is 10.7. The van der Waals surface area contributed by atoms with E-state index >= 15 is 0 Å². The molecule has 0 radical (unpaired) electrons. The number of benzene rings is 1. The third-order valence-electron chi connectivity index (χ3n) is 2.66. The molecule has 0 aliphatic carbocycles. The maximum Gasteiger partial charge on any atom is 0.252 e. The second-order valence-corrected chi connectivity index (χ2v) is 4.62. The number of hydrogen-bond donors (Lipinski definition) is 3. The first-order chi connectivity index (χ1) is 7.87. The highest BCUT2D eigenvalue weighted by molar-refractivity contribution is 6.36. The second kappa shape index (κ2) is 5.38. The lowest BCUT2D eigenvalue weighted by Crippen LogP contribution is -2.40. The van der Waals surface area contributed by atoms with Crippen LogP contribution in [-0.2, 0) is 0 Å². The average molecular weight is 257 g/mol. The molecule has 0 saturated carbocycles. The summed E-state index contributed by atoms with van der Waals surface area (Å²) in [4.78, 5) is 11.8. The van der Waals surface area contributed by atoms with Crippen molar-refractivity contribution in [2.45, 2.75) is 25.9 Å². The molecular formula is C12H17ClN2O2. The Morgan fingerprint density at radius 3 is 2.82 bits per heavy atom. The van der Waals surface area contributed by atoms with Crippen LogP contribution in [0.2, 0.25) is 5.02 Å². The molecule has 0 saturated heterocycles. The summed E-state index contributed by atoms with van der Waals surface area (Å²) in [6, 6.07) is 4.88. The van der Waals surface area contributed by atoms with E-state index in [0.29, 0.717) is 17.7 Å². The van der Waals surface area contributed by atoms with Crippen LogP contribution in [0.15, 0.2) is 18.2 Å². The fraction of sp³-hybridized carbons (Fsp3) is 0.417. The Balaban J connectivity index is 2.74. The smallest absolute Gasteiger partial charge is 0.252 e. The van der Waals surface area contributed by atoms with Crippen molar-refractivity contribution in [3.05, 3.63) is 28.8 Å². The van der Waals surface area contributed by atoms with Gasteiger partial charge in [-0.15, -0.1) is 0 Å². The third kappa shape index (κ3) is 3.61. The number of nitrogens with one attached hydrogen (secondary N) is 1. The molecule has 0 bridgehead atoms. The van der Waals surface area contributed by atoms with Crippen LogP contribution in [0, 0.1) is 0 Å². The summed E-state index contributed by atoms with van der Waals surface area (Å²) in [6.07, 6.45) is 0.554. The van der Waals surface area contributed by atoms with Crippen LogP contribution >= 0.6 is 11.6 Å². The Kier molecular flexibility index (Phi) is 4.37. The lowest BCUT2D eigenvalue weighted by atomic mass is 10.0. The van der Waals surface area contributed by atoms with Crippen molar-refractivity contribution in [1.82, 2.24) is 5.32 Å². The molecule has 4 nitrogen and oxygen atoms in total. The molecule has 1 rings (SSSR count). The fourth-order valence-electron chi connectivity index (χ4n) is 1.22. The molecule has 0 fully saturated rings. The van der Waals surface area contributed by atoms with E-state index in [1.54, 1.807) is 25.1 Å². The number of halogens is 1. The molecule has 4 N–H and O–H groups in total. The van der Waals surface area contributed by atoms with E-state index in [1.165, 1.54) is 0 Å². The number of hydrogen-bond acceptors (Lipinski definition) is 3. The highest BCUT2D eigenvalue weighted by Crippen LogP contribution is 2.22. The number of carbonyl (C=O) groups excluding carboxylic acids is 1. The van der Waals surface area contributed by atoms with Gasteiger partial charge in [-0.1, -0.05) is 24.6 Å². The number of aliphatic hydroxyl groups is 1. The lowest BCUT2D eigenvalue weighted by molar-refractivity contribution is 0.0518. The summed E-state index contributed by atoms with van der Waals surface area (Å²) in [6.45, 7) is 3.68. The van der Waals surface area contributed by atoms with Gasteiger partial charge in [-0.3, -0.25) is 4.79 Å². The van der Waals surface area contributed by atoms with Crippen LogP contribution in [0.3, 0.4) is 0 Å². The van der Waals surface area contributed by atoms with Gasteiger partial charge < -0.3 is 16.2 Å². The molecule has 1 amide bonds. The van der Waals surface area contributed by atoms with Gasteiger partial charge in [-0.2, -0.15) is 0 Å². The summed E-state index contributed by atoms with van der Waals surface area (Å²) < 4.78 is 0. The monoisotopic (exact) mass is 256 g/mol.